The fourth-order valence-corrected chi connectivity index (χ4v) is 3.99. The zero-order valence-electron chi connectivity index (χ0n) is 15.5. The number of fused-ring (bicyclic) bond motifs is 1. The lowest BCUT2D eigenvalue weighted by Crippen LogP contribution is -2.36. The predicted octanol–water partition coefficient (Wildman–Crippen LogP) is 3.76. The molecule has 28 heavy (non-hydrogen) atoms. The van der Waals surface area contributed by atoms with Crippen LogP contribution in [0.25, 0.3) is 10.2 Å². The molecule has 7 nitrogen and oxygen atoms in total. The number of anilines is 2. The molecule has 0 unspecified atom stereocenters. The second-order valence-corrected chi connectivity index (χ2v) is 7.38. The monoisotopic (exact) mass is 399 g/mol. The number of rotatable bonds is 4. The summed E-state index contributed by atoms with van der Waals surface area (Å²) in [6.45, 7) is 2.17. The van der Waals surface area contributed by atoms with E-state index in [1.165, 1.54) is 0 Å². The Morgan fingerprint density at radius 3 is 2.86 bits per heavy atom. The van der Waals surface area contributed by atoms with Crippen LogP contribution in [0.4, 0.5) is 15.6 Å². The van der Waals surface area contributed by atoms with E-state index in [1.807, 2.05) is 18.2 Å². The van der Waals surface area contributed by atoms with Crippen molar-refractivity contribution in [3.05, 3.63) is 48.5 Å². The topological polar surface area (TPSA) is 72.9 Å². The molecule has 0 radical (unpaired) electrons. The molecule has 2 heterocycles. The number of methoxy groups -OCH3 is 1. The molecule has 0 saturated carbocycles. The van der Waals surface area contributed by atoms with Gasteiger partial charge in [-0.25, -0.2) is 9.78 Å². The lowest BCUT2D eigenvalue weighted by atomic mass is 10.3. The molecule has 4 rings (SSSR count). The highest BCUT2D eigenvalue weighted by Gasteiger charge is 2.24. The molecule has 1 fully saturated rings. The first-order valence-corrected chi connectivity index (χ1v) is 9.83. The molecule has 146 valence electrons. The van der Waals surface area contributed by atoms with Crippen molar-refractivity contribution in [2.24, 2.45) is 0 Å². The molecule has 3 aromatic rings. The molecule has 1 saturated heterocycles. The Kier molecular flexibility index (Phi) is 5.59. The van der Waals surface area contributed by atoms with E-state index in [0.29, 0.717) is 32.0 Å². The van der Waals surface area contributed by atoms with E-state index in [0.717, 1.165) is 21.1 Å². The highest BCUT2D eigenvalue weighted by atomic mass is 32.1. The Balaban J connectivity index is 1.40. The zero-order valence-corrected chi connectivity index (χ0v) is 16.3. The Morgan fingerprint density at radius 1 is 1.25 bits per heavy atom. The summed E-state index contributed by atoms with van der Waals surface area (Å²) in [5, 5.41) is 3.65. The lowest BCUT2D eigenvalue weighted by molar-refractivity contribution is 0.0444. The number of thiazole rings is 1. The molecule has 1 aromatic heterocycles. The van der Waals surface area contributed by atoms with Gasteiger partial charge in [0, 0.05) is 12.2 Å². The van der Waals surface area contributed by atoms with E-state index < -0.39 is 6.09 Å². The van der Waals surface area contributed by atoms with Crippen molar-refractivity contribution in [1.82, 2.24) is 4.98 Å². The summed E-state index contributed by atoms with van der Waals surface area (Å²) in [7, 11) is 1.60. The van der Waals surface area contributed by atoms with Crippen LogP contribution in [0.15, 0.2) is 48.5 Å². The van der Waals surface area contributed by atoms with Crippen LogP contribution in [0, 0.1) is 0 Å². The Bertz CT molecular complexity index is 911. The van der Waals surface area contributed by atoms with Crippen molar-refractivity contribution >= 4 is 38.5 Å². The number of carbonyl (C=O) groups is 1. The number of nitrogens with one attached hydrogen (secondary N) is 1. The van der Waals surface area contributed by atoms with Crippen LogP contribution >= 0.6 is 11.3 Å². The fraction of sp³-hybridized carbons (Fsp3) is 0.300. The third-order valence-electron chi connectivity index (χ3n) is 4.40. The van der Waals surface area contributed by atoms with Crippen molar-refractivity contribution in [2.75, 3.05) is 43.6 Å². The normalized spacial score (nSPS) is 17.2. The van der Waals surface area contributed by atoms with Crippen LogP contribution in [0.2, 0.25) is 0 Å². The largest absolute Gasteiger partial charge is 0.497 e. The van der Waals surface area contributed by atoms with Gasteiger partial charge in [-0.1, -0.05) is 23.5 Å². The molecule has 1 aliphatic rings. The summed E-state index contributed by atoms with van der Waals surface area (Å²) in [4.78, 5) is 19.1. The van der Waals surface area contributed by atoms with E-state index in [9.17, 15) is 4.79 Å². The minimum Gasteiger partial charge on any atom is -0.497 e. The summed E-state index contributed by atoms with van der Waals surface area (Å²) < 4.78 is 17.5. The van der Waals surface area contributed by atoms with Gasteiger partial charge in [-0.3, -0.25) is 5.32 Å². The number of nitrogens with zero attached hydrogens (tertiary/aromatic N) is 2. The molecule has 1 atom stereocenters. The highest BCUT2D eigenvalue weighted by Crippen LogP contribution is 2.29. The Morgan fingerprint density at radius 2 is 2.07 bits per heavy atom. The second-order valence-electron chi connectivity index (χ2n) is 6.37. The van der Waals surface area contributed by atoms with Crippen LogP contribution in [0.1, 0.15) is 0 Å². The maximum atomic E-state index is 12.3. The van der Waals surface area contributed by atoms with Gasteiger partial charge in [-0.15, -0.1) is 0 Å². The van der Waals surface area contributed by atoms with Crippen LogP contribution in [-0.2, 0) is 9.47 Å². The van der Waals surface area contributed by atoms with Gasteiger partial charge < -0.3 is 19.1 Å². The minimum atomic E-state index is -0.509. The smallest absolute Gasteiger partial charge is 0.412 e. The molecule has 1 amide bonds. The standard InChI is InChI=1S/C20H21N3O4S/c1-25-15-8-6-14(7-9-15)21-20(24)27-16-12-23(10-11-26-13-16)19-22-17-4-2-3-5-18(17)28-19/h2-9,16H,10-13H2,1H3,(H,21,24)/t16-/m1/s1. The van der Waals surface area contributed by atoms with Crippen LogP contribution in [0.3, 0.4) is 0 Å². The molecule has 0 aliphatic carbocycles. The number of ether oxygens (including phenoxy) is 3. The van der Waals surface area contributed by atoms with E-state index in [1.54, 1.807) is 42.7 Å². The van der Waals surface area contributed by atoms with Gasteiger partial charge in [0.05, 0.1) is 37.1 Å². The number of benzene rings is 2. The number of amides is 1. The number of hydrogen-bond donors (Lipinski definition) is 1. The number of para-hydroxylation sites is 1. The third kappa shape index (κ3) is 4.35. The molecular formula is C20H21N3O4S. The molecular weight excluding hydrogens is 378 g/mol. The number of aromatic nitrogens is 1. The summed E-state index contributed by atoms with van der Waals surface area (Å²) >= 11 is 1.63. The summed E-state index contributed by atoms with van der Waals surface area (Å²) in [6.07, 6.45) is -0.891. The van der Waals surface area contributed by atoms with E-state index in [4.69, 9.17) is 19.2 Å². The maximum absolute atomic E-state index is 12.3. The average Bonchev–Trinajstić information content (AvgIpc) is 3.01. The van der Waals surface area contributed by atoms with Crippen molar-refractivity contribution < 1.29 is 19.0 Å². The fourth-order valence-electron chi connectivity index (χ4n) is 2.99. The van der Waals surface area contributed by atoms with Gasteiger partial charge in [0.2, 0.25) is 0 Å². The third-order valence-corrected chi connectivity index (χ3v) is 5.49. The van der Waals surface area contributed by atoms with Gasteiger partial charge in [0.15, 0.2) is 5.13 Å². The van der Waals surface area contributed by atoms with Gasteiger partial charge in [-0.05, 0) is 36.4 Å². The SMILES string of the molecule is COc1ccc(NC(=O)O[C@H]2COCCN(c3nc4ccccc4s3)C2)cc1. The van der Waals surface area contributed by atoms with Crippen molar-refractivity contribution in [2.45, 2.75) is 6.10 Å². The summed E-state index contributed by atoms with van der Waals surface area (Å²) in [6, 6.07) is 15.1. The zero-order chi connectivity index (χ0) is 19.3. The molecule has 0 spiro atoms. The van der Waals surface area contributed by atoms with Gasteiger partial charge in [0.25, 0.3) is 0 Å². The van der Waals surface area contributed by atoms with E-state index in [2.05, 4.69) is 16.3 Å². The van der Waals surface area contributed by atoms with Gasteiger partial charge >= 0.3 is 6.09 Å². The molecule has 2 aromatic carbocycles. The van der Waals surface area contributed by atoms with Crippen molar-refractivity contribution in [3.8, 4) is 5.75 Å². The minimum absolute atomic E-state index is 0.359. The Labute approximate surface area is 166 Å². The van der Waals surface area contributed by atoms with Crippen molar-refractivity contribution in [3.63, 3.8) is 0 Å². The van der Waals surface area contributed by atoms with Crippen LogP contribution in [0.5, 0.6) is 5.75 Å². The first-order valence-electron chi connectivity index (χ1n) is 9.01. The van der Waals surface area contributed by atoms with Crippen LogP contribution in [-0.4, -0.2) is 50.6 Å². The van der Waals surface area contributed by atoms with Gasteiger partial charge in [-0.2, -0.15) is 0 Å². The van der Waals surface area contributed by atoms with E-state index >= 15 is 0 Å². The average molecular weight is 399 g/mol. The van der Waals surface area contributed by atoms with Crippen LogP contribution < -0.4 is 15.0 Å². The summed E-state index contributed by atoms with van der Waals surface area (Å²) in [5.74, 6) is 0.725. The number of carbonyl (C=O) groups excluding carboxylic acids is 1. The maximum Gasteiger partial charge on any atom is 0.412 e. The Hall–Kier alpha value is -2.84. The summed E-state index contributed by atoms with van der Waals surface area (Å²) in [5.41, 5.74) is 1.62. The van der Waals surface area contributed by atoms with E-state index in [-0.39, 0.29) is 6.10 Å². The second kappa shape index (κ2) is 8.45. The number of hydrogen-bond acceptors (Lipinski definition) is 7. The van der Waals surface area contributed by atoms with Crippen molar-refractivity contribution in [1.29, 1.82) is 0 Å². The highest BCUT2D eigenvalue weighted by molar-refractivity contribution is 7.22. The molecule has 1 aliphatic heterocycles. The van der Waals surface area contributed by atoms with Gasteiger partial charge in [0.1, 0.15) is 11.9 Å². The first kappa shape index (κ1) is 18.5. The molecule has 0 bridgehead atoms. The first-order chi connectivity index (χ1) is 13.7. The quantitative estimate of drug-likeness (QED) is 0.720. The lowest BCUT2D eigenvalue weighted by Gasteiger charge is -2.22. The molecule has 8 heteroatoms. The molecule has 1 N–H and O–H groups in total. The predicted molar refractivity (Wildman–Crippen MR) is 110 cm³/mol.